The van der Waals surface area contributed by atoms with Gasteiger partial charge in [-0.2, -0.15) is 0 Å². The number of carbonyl (C=O) groups is 15. The highest BCUT2D eigenvalue weighted by molar-refractivity contribution is 6.02. The lowest BCUT2D eigenvalue weighted by Gasteiger charge is -2.37. The summed E-state index contributed by atoms with van der Waals surface area (Å²) in [5, 5.41) is 39.6. The van der Waals surface area contributed by atoms with E-state index in [-0.39, 0.29) is 88.9 Å². The number of likely N-dealkylation sites (tertiary alicyclic amines) is 3. The molecule has 14 N–H and O–H groups in total. The number of hydrogen-bond acceptors (Lipinski definition) is 16. The van der Waals surface area contributed by atoms with Crippen molar-refractivity contribution in [1.29, 1.82) is 0 Å². The summed E-state index contributed by atoms with van der Waals surface area (Å²) in [4.78, 5) is 210. The van der Waals surface area contributed by atoms with Crippen LogP contribution >= 0.6 is 0 Å². The third kappa shape index (κ3) is 24.4. The molecular formula is C69H119N15O16. The highest BCUT2D eigenvalue weighted by atomic mass is 16.3. The van der Waals surface area contributed by atoms with Crippen LogP contribution in [-0.4, -0.2) is 217 Å². The zero-order chi connectivity index (χ0) is 76.5. The van der Waals surface area contributed by atoms with Gasteiger partial charge in [-0.15, -0.1) is 0 Å². The summed E-state index contributed by atoms with van der Waals surface area (Å²) in [6, 6.07) is -9.82. The molecule has 3 aliphatic heterocycles. The number of nitrogens with two attached hydrogens (primary N) is 1. The molecule has 100 heavy (non-hydrogen) atoms. The van der Waals surface area contributed by atoms with E-state index in [1.165, 1.54) is 90.9 Å². The third-order valence-electron chi connectivity index (χ3n) is 18.3. The highest BCUT2D eigenvalue weighted by Gasteiger charge is 2.48. The van der Waals surface area contributed by atoms with Crippen LogP contribution < -0.4 is 64.2 Å². The molecule has 31 nitrogen and oxygen atoms in total. The Morgan fingerprint density at radius 2 is 0.850 bits per heavy atom. The van der Waals surface area contributed by atoms with Crippen LogP contribution in [-0.2, 0) is 71.9 Å². The number of primary amides is 1. The molecule has 0 spiro atoms. The van der Waals surface area contributed by atoms with Gasteiger partial charge in [-0.05, 0) is 164 Å². The molecule has 3 heterocycles. The minimum atomic E-state index is -1.68. The van der Waals surface area contributed by atoms with Crippen molar-refractivity contribution in [2.75, 3.05) is 26.2 Å². The Bertz CT molecular complexity index is 3000. The second-order valence-corrected chi connectivity index (χ2v) is 31.1. The van der Waals surface area contributed by atoms with Gasteiger partial charge >= 0.3 is 0 Å². The normalized spacial score (nSPS) is 19.1. The molecule has 0 radical (unpaired) electrons. The monoisotopic (exact) mass is 1410 g/mol. The molecule has 3 aliphatic rings. The predicted molar refractivity (Wildman–Crippen MR) is 372 cm³/mol. The fourth-order valence-electron chi connectivity index (χ4n) is 12.5. The van der Waals surface area contributed by atoms with Crippen molar-refractivity contribution in [3.05, 3.63) is 0 Å². The molecular weight excluding hydrogens is 1290 g/mol. The minimum Gasteiger partial charge on any atom is -0.394 e. The van der Waals surface area contributed by atoms with Gasteiger partial charge in [-0.25, -0.2) is 0 Å². The molecule has 0 aromatic heterocycles. The first-order valence-electron chi connectivity index (χ1n) is 35.3. The van der Waals surface area contributed by atoms with Crippen LogP contribution in [0.25, 0.3) is 0 Å². The van der Waals surface area contributed by atoms with Crippen molar-refractivity contribution < 1.29 is 77.0 Å². The van der Waals surface area contributed by atoms with Crippen molar-refractivity contribution >= 4 is 88.6 Å². The van der Waals surface area contributed by atoms with E-state index in [2.05, 4.69) is 58.5 Å². The van der Waals surface area contributed by atoms with E-state index in [0.717, 1.165) is 0 Å². The van der Waals surface area contributed by atoms with E-state index >= 15 is 0 Å². The Balaban J connectivity index is 1.70. The molecule has 10 atom stereocenters. The maximum atomic E-state index is 14.5. The van der Waals surface area contributed by atoms with Gasteiger partial charge in [-0.3, -0.25) is 71.9 Å². The lowest BCUT2D eigenvalue weighted by atomic mass is 9.94. The zero-order valence-corrected chi connectivity index (χ0v) is 62.8. The second-order valence-electron chi connectivity index (χ2n) is 31.1. The molecule has 31 heteroatoms. The van der Waals surface area contributed by atoms with Crippen LogP contribution in [0, 0.1) is 23.7 Å². The smallest absolute Gasteiger partial charge is 0.248 e. The van der Waals surface area contributed by atoms with Gasteiger partial charge in [0.1, 0.15) is 76.0 Å². The quantitative estimate of drug-likeness (QED) is 0.0387. The molecule has 0 saturated carbocycles. The number of carbonyl (C=O) groups excluding carboxylic acids is 15. The van der Waals surface area contributed by atoms with Crippen LogP contribution in [0.3, 0.4) is 0 Å². The third-order valence-corrected chi connectivity index (χ3v) is 18.3. The van der Waals surface area contributed by atoms with Gasteiger partial charge < -0.3 is 84.0 Å². The van der Waals surface area contributed by atoms with Crippen LogP contribution in [0.5, 0.6) is 0 Å². The predicted octanol–water partition coefficient (Wildman–Crippen LogP) is -0.176. The fraction of sp³-hybridized carbons (Fsp3) is 0.783. The summed E-state index contributed by atoms with van der Waals surface area (Å²) in [6.45, 7) is 32.1. The molecule has 3 fully saturated rings. The summed E-state index contributed by atoms with van der Waals surface area (Å²) in [7, 11) is 0. The Morgan fingerprint density at radius 1 is 0.450 bits per heavy atom. The van der Waals surface area contributed by atoms with Crippen molar-refractivity contribution in [2.45, 2.75) is 298 Å². The first-order chi connectivity index (χ1) is 46.1. The number of hydrogen-bond donors (Lipinski definition) is 13. The Morgan fingerprint density at radius 3 is 1.24 bits per heavy atom. The minimum absolute atomic E-state index is 0.0494. The van der Waals surface area contributed by atoms with Crippen LogP contribution in [0.4, 0.5) is 0 Å². The summed E-state index contributed by atoms with van der Waals surface area (Å²) in [6.07, 6.45) is 2.36. The number of nitrogens with zero attached hydrogens (tertiary/aromatic N) is 3. The van der Waals surface area contributed by atoms with Gasteiger partial charge in [-0.1, -0.05) is 62.3 Å². The summed E-state index contributed by atoms with van der Waals surface area (Å²) in [5.74, 6) is -10.8. The molecule has 566 valence electrons. The second kappa shape index (κ2) is 36.6. The maximum Gasteiger partial charge on any atom is 0.248 e. The van der Waals surface area contributed by atoms with E-state index in [1.807, 2.05) is 27.7 Å². The largest absolute Gasteiger partial charge is 0.394 e. The van der Waals surface area contributed by atoms with Gasteiger partial charge in [0.05, 0.1) is 12.6 Å². The first kappa shape index (κ1) is 86.2. The van der Waals surface area contributed by atoms with E-state index in [1.54, 1.807) is 34.6 Å². The van der Waals surface area contributed by atoms with E-state index in [0.29, 0.717) is 32.1 Å². The van der Waals surface area contributed by atoms with Crippen LogP contribution in [0.15, 0.2) is 0 Å². The Labute approximate surface area is 589 Å². The number of nitrogens with one attached hydrogen (secondary N) is 11. The van der Waals surface area contributed by atoms with Crippen molar-refractivity contribution in [3.8, 4) is 0 Å². The Hall–Kier alpha value is -7.99. The topological polar surface area (TPSA) is 444 Å². The molecule has 0 unspecified atom stereocenters. The zero-order valence-electron chi connectivity index (χ0n) is 62.8. The molecule has 0 bridgehead atoms. The van der Waals surface area contributed by atoms with Gasteiger partial charge in [0, 0.05) is 33.0 Å². The molecule has 0 aliphatic carbocycles. The number of rotatable bonds is 36. The Kier molecular flexibility index (Phi) is 31.5. The fourth-order valence-corrected chi connectivity index (χ4v) is 12.5. The maximum absolute atomic E-state index is 14.5. The van der Waals surface area contributed by atoms with Gasteiger partial charge in [0.2, 0.25) is 88.6 Å². The number of amides is 15. The van der Waals surface area contributed by atoms with Crippen LogP contribution in [0.2, 0.25) is 0 Å². The van der Waals surface area contributed by atoms with Crippen molar-refractivity contribution in [3.63, 3.8) is 0 Å². The molecule has 0 aromatic rings. The number of aliphatic hydroxyl groups excluding tert-OH is 1. The lowest BCUT2D eigenvalue weighted by Crippen LogP contribution is -2.66. The molecule has 15 amide bonds. The molecule has 3 rings (SSSR count). The first-order valence-corrected chi connectivity index (χ1v) is 35.3. The SMILES string of the molecule is CC[C@@](C)(NC(=O)[C@@H]1CCCN1C(=O)C(C)(C)NC(=O)[C@@H](NC(=O)[C@H](C)NC(=O)[C@@H]1CCCN1C(=O)C(C)(C)NC(=O)[C@H](CC(C)C)NC(=O)[C@H](CCC(N)=O)NC(=O)C(C)(C)NC(C)=O)C(C)C)C(=O)N[C@@H](CC(C)C)C(=O)NC(C)(C)C(=O)N1CCC[C@H]1C(=O)N[C@H](CO)CC(C)C. The summed E-state index contributed by atoms with van der Waals surface area (Å²) in [5.41, 5.74) is -2.60. The molecule has 3 saturated heterocycles. The molecule has 0 aromatic carbocycles. The van der Waals surface area contributed by atoms with Crippen LogP contribution in [0.1, 0.15) is 216 Å². The highest BCUT2D eigenvalue weighted by Crippen LogP contribution is 2.27. The van der Waals surface area contributed by atoms with Crippen molar-refractivity contribution in [1.82, 2.24) is 73.2 Å². The lowest BCUT2D eigenvalue weighted by molar-refractivity contribution is -0.146. The van der Waals surface area contributed by atoms with Gasteiger partial charge in [0.25, 0.3) is 0 Å². The summed E-state index contributed by atoms with van der Waals surface area (Å²) >= 11 is 0. The summed E-state index contributed by atoms with van der Waals surface area (Å²) < 4.78 is 0. The van der Waals surface area contributed by atoms with E-state index < -0.39 is 177 Å². The van der Waals surface area contributed by atoms with E-state index in [4.69, 9.17) is 5.73 Å². The standard InChI is InChI=1S/C69H119N15O16/c1-21-69(20,61(97)75-46(35-39(6)7)55(91)79-67(16,17)63(99)83-31-23-26-48(83)57(93)72-43(36-85)33-37(2)3)81-58(94)49-27-24-32-84(49)64(100)68(18,19)80-59(95)51(40(8)9)76-52(88)41(10)71-56(92)47-25-22-30-82(47)62(98)66(14,15)78-54(90)45(34-38(4)5)73-53(89)44(28-29-50(70)87)74-60(96)65(12,13)77-42(11)86/h37-41,43-49,51,85H,21-36H2,1-20H3,(H2,70,87)(H,71,92)(H,72,93)(H,73,89)(H,74,96)(H,75,97)(H,76,88)(H,77,86)(H,78,90)(H,79,91)(H,80,95)(H,81,94)/t41-,43-,44-,45-,46-,47-,48-,49-,51-,69+/m0/s1. The van der Waals surface area contributed by atoms with Crippen molar-refractivity contribution in [2.24, 2.45) is 29.4 Å². The average Bonchev–Trinajstić information content (AvgIpc) is 1.53. The van der Waals surface area contributed by atoms with Gasteiger partial charge in [0.15, 0.2) is 0 Å². The number of aliphatic hydroxyl groups is 1. The average molecular weight is 1410 g/mol. The van der Waals surface area contributed by atoms with E-state index in [9.17, 15) is 77.0 Å².